The normalized spacial score (nSPS) is 15.5. The lowest BCUT2D eigenvalue weighted by Gasteiger charge is -2.22. The van der Waals surface area contributed by atoms with Crippen LogP contribution in [0.2, 0.25) is 0 Å². The average Bonchev–Trinajstić information content (AvgIpc) is 2.69. The lowest BCUT2D eigenvalue weighted by atomic mass is 9.89. The predicted molar refractivity (Wildman–Crippen MR) is 100 cm³/mol. The molecule has 6 nitrogen and oxygen atoms in total. The van der Waals surface area contributed by atoms with Gasteiger partial charge in [0.1, 0.15) is 0 Å². The van der Waals surface area contributed by atoms with Crippen LogP contribution < -0.4 is 10.9 Å². The lowest BCUT2D eigenvalue weighted by molar-refractivity contribution is 0.0945. The van der Waals surface area contributed by atoms with Crippen molar-refractivity contribution in [3.05, 3.63) is 46.4 Å². The van der Waals surface area contributed by atoms with Gasteiger partial charge in [-0.15, -0.1) is 0 Å². The number of carbonyl (C=O) groups is 1. The average molecular weight is 358 g/mol. The number of carbonyl (C=O) groups excluding carboxylic acids is 1. The minimum absolute atomic E-state index is 0.167. The molecule has 0 atom stereocenters. The highest BCUT2D eigenvalue weighted by atomic mass is 16.3. The monoisotopic (exact) mass is 358 g/mol. The number of hydrogen-bond acceptors (Lipinski definition) is 4. The van der Waals surface area contributed by atoms with E-state index in [4.69, 9.17) is 0 Å². The van der Waals surface area contributed by atoms with Crippen LogP contribution in [0, 0.1) is 5.92 Å². The molecule has 26 heavy (non-hydrogen) atoms. The van der Waals surface area contributed by atoms with Crippen molar-refractivity contribution in [1.29, 1.82) is 0 Å². The van der Waals surface area contributed by atoms with Gasteiger partial charge >= 0.3 is 0 Å². The summed E-state index contributed by atoms with van der Waals surface area (Å²) in [5.74, 6) is 0.369. The Morgan fingerprint density at radius 2 is 1.85 bits per heavy atom. The Bertz CT molecular complexity index is 820. The zero-order chi connectivity index (χ0) is 18.5. The van der Waals surface area contributed by atoms with Gasteiger partial charge in [-0.05, 0) is 37.0 Å². The smallest absolute Gasteiger partial charge is 0.258 e. The van der Waals surface area contributed by atoms with Crippen LogP contribution in [-0.2, 0) is 0 Å². The molecule has 0 saturated heterocycles. The first kappa shape index (κ1) is 18.6. The Balaban J connectivity index is 1.85. The summed E-state index contributed by atoms with van der Waals surface area (Å²) < 4.78 is 1.31. The van der Waals surface area contributed by atoms with Gasteiger partial charge < -0.3 is 20.1 Å². The van der Waals surface area contributed by atoms with Crippen molar-refractivity contribution in [2.24, 2.45) is 5.92 Å². The third-order valence-corrected chi connectivity index (χ3v) is 5.31. The SMILES string of the molecule is O=C(NCC1CCCCC1)c1cccc2c(=O)n(C(CO)CO)ccc12. The predicted octanol–water partition coefficient (Wildman–Crippen LogP) is 1.84. The summed E-state index contributed by atoms with van der Waals surface area (Å²) >= 11 is 0. The number of amides is 1. The number of hydrogen-bond donors (Lipinski definition) is 3. The number of fused-ring (bicyclic) bond motifs is 1. The first-order valence-corrected chi connectivity index (χ1v) is 9.29. The molecule has 0 spiro atoms. The van der Waals surface area contributed by atoms with Gasteiger partial charge in [-0.25, -0.2) is 0 Å². The molecule has 3 N–H and O–H groups in total. The molecule has 1 heterocycles. The first-order chi connectivity index (χ1) is 12.7. The quantitative estimate of drug-likeness (QED) is 0.735. The maximum absolute atomic E-state index is 12.7. The van der Waals surface area contributed by atoms with E-state index in [0.717, 1.165) is 12.8 Å². The molecule has 0 bridgehead atoms. The second-order valence-electron chi connectivity index (χ2n) is 7.03. The number of rotatable bonds is 6. The maximum Gasteiger partial charge on any atom is 0.258 e. The number of aliphatic hydroxyl groups is 2. The number of benzene rings is 1. The van der Waals surface area contributed by atoms with E-state index in [9.17, 15) is 19.8 Å². The van der Waals surface area contributed by atoms with Gasteiger partial charge in [0.05, 0.1) is 19.3 Å². The largest absolute Gasteiger partial charge is 0.394 e. The number of pyridine rings is 1. The Hall–Kier alpha value is -2.18. The standard InChI is InChI=1S/C20H26N2O4/c23-12-15(13-24)22-10-9-16-17(7-4-8-18(16)20(22)26)19(25)21-11-14-5-2-1-3-6-14/h4,7-10,14-15,23-24H,1-3,5-6,11-13H2,(H,21,25). The molecule has 1 aliphatic rings. The Morgan fingerprint density at radius 1 is 1.12 bits per heavy atom. The van der Waals surface area contributed by atoms with Gasteiger partial charge in [0, 0.05) is 29.1 Å². The first-order valence-electron chi connectivity index (χ1n) is 9.29. The van der Waals surface area contributed by atoms with Gasteiger partial charge in [0.25, 0.3) is 11.5 Å². The number of aromatic nitrogens is 1. The Kier molecular flexibility index (Phi) is 6.06. The van der Waals surface area contributed by atoms with E-state index in [1.165, 1.54) is 30.0 Å². The van der Waals surface area contributed by atoms with Crippen LogP contribution in [-0.4, -0.2) is 40.4 Å². The van der Waals surface area contributed by atoms with E-state index in [-0.39, 0.29) is 24.7 Å². The van der Waals surface area contributed by atoms with Crippen LogP contribution in [0.25, 0.3) is 10.8 Å². The molecule has 1 aromatic heterocycles. The molecule has 0 radical (unpaired) electrons. The summed E-state index contributed by atoms with van der Waals surface area (Å²) in [5, 5.41) is 22.7. The topological polar surface area (TPSA) is 91.6 Å². The number of nitrogens with one attached hydrogen (secondary N) is 1. The molecular weight excluding hydrogens is 332 g/mol. The van der Waals surface area contributed by atoms with Gasteiger partial charge in [-0.3, -0.25) is 9.59 Å². The highest BCUT2D eigenvalue weighted by Gasteiger charge is 2.18. The van der Waals surface area contributed by atoms with Crippen LogP contribution in [0.1, 0.15) is 48.5 Å². The fourth-order valence-electron chi connectivity index (χ4n) is 3.74. The number of nitrogens with zero attached hydrogens (tertiary/aromatic N) is 1. The van der Waals surface area contributed by atoms with Crippen molar-refractivity contribution in [2.75, 3.05) is 19.8 Å². The van der Waals surface area contributed by atoms with Crippen LogP contribution >= 0.6 is 0 Å². The Labute approximate surface area is 152 Å². The van der Waals surface area contributed by atoms with Crippen molar-refractivity contribution in [3.8, 4) is 0 Å². The molecule has 0 unspecified atom stereocenters. The Morgan fingerprint density at radius 3 is 2.54 bits per heavy atom. The second-order valence-corrected chi connectivity index (χ2v) is 7.03. The van der Waals surface area contributed by atoms with Gasteiger partial charge in [-0.2, -0.15) is 0 Å². The van der Waals surface area contributed by atoms with E-state index in [0.29, 0.717) is 28.8 Å². The van der Waals surface area contributed by atoms with Crippen LogP contribution in [0.15, 0.2) is 35.3 Å². The van der Waals surface area contributed by atoms with Crippen molar-refractivity contribution >= 4 is 16.7 Å². The van der Waals surface area contributed by atoms with E-state index < -0.39 is 6.04 Å². The van der Waals surface area contributed by atoms with E-state index in [2.05, 4.69) is 5.32 Å². The summed E-state index contributed by atoms with van der Waals surface area (Å²) in [5.41, 5.74) is 0.157. The molecule has 6 heteroatoms. The van der Waals surface area contributed by atoms with E-state index >= 15 is 0 Å². The van der Waals surface area contributed by atoms with Crippen molar-refractivity contribution in [1.82, 2.24) is 9.88 Å². The number of aliphatic hydroxyl groups excluding tert-OH is 2. The molecule has 1 saturated carbocycles. The van der Waals surface area contributed by atoms with Crippen molar-refractivity contribution in [2.45, 2.75) is 38.1 Å². The lowest BCUT2D eigenvalue weighted by Crippen LogP contribution is -2.31. The molecule has 1 amide bonds. The molecular formula is C20H26N2O4. The summed E-state index contributed by atoms with van der Waals surface area (Å²) in [6.07, 6.45) is 7.58. The molecule has 3 rings (SSSR count). The summed E-state index contributed by atoms with van der Waals surface area (Å²) in [6.45, 7) is 0.0103. The molecule has 0 aliphatic heterocycles. The van der Waals surface area contributed by atoms with Crippen LogP contribution in [0.3, 0.4) is 0 Å². The molecule has 2 aromatic rings. The fourth-order valence-corrected chi connectivity index (χ4v) is 3.74. The summed E-state index contributed by atoms with van der Waals surface area (Å²) in [7, 11) is 0. The maximum atomic E-state index is 12.7. The molecule has 1 aromatic carbocycles. The highest BCUT2D eigenvalue weighted by molar-refractivity contribution is 6.06. The van der Waals surface area contributed by atoms with Crippen LogP contribution in [0.4, 0.5) is 0 Å². The summed E-state index contributed by atoms with van der Waals surface area (Å²) in [4.78, 5) is 25.3. The fraction of sp³-hybridized carbons (Fsp3) is 0.500. The summed E-state index contributed by atoms with van der Waals surface area (Å²) in [6, 6.07) is 6.09. The third-order valence-electron chi connectivity index (χ3n) is 5.31. The minimum atomic E-state index is -0.685. The minimum Gasteiger partial charge on any atom is -0.394 e. The zero-order valence-electron chi connectivity index (χ0n) is 14.9. The van der Waals surface area contributed by atoms with Crippen LogP contribution in [0.5, 0.6) is 0 Å². The van der Waals surface area contributed by atoms with E-state index in [1.54, 1.807) is 24.3 Å². The van der Waals surface area contributed by atoms with Gasteiger partial charge in [0.15, 0.2) is 0 Å². The van der Waals surface area contributed by atoms with Gasteiger partial charge in [-0.1, -0.05) is 25.3 Å². The van der Waals surface area contributed by atoms with Gasteiger partial charge in [0.2, 0.25) is 0 Å². The van der Waals surface area contributed by atoms with E-state index in [1.807, 2.05) is 0 Å². The molecule has 1 aliphatic carbocycles. The molecule has 1 fully saturated rings. The zero-order valence-corrected chi connectivity index (χ0v) is 14.9. The molecule has 140 valence electrons. The van der Waals surface area contributed by atoms with Crippen molar-refractivity contribution < 1.29 is 15.0 Å². The van der Waals surface area contributed by atoms with Crippen molar-refractivity contribution in [3.63, 3.8) is 0 Å². The third kappa shape index (κ3) is 3.81. The highest BCUT2D eigenvalue weighted by Crippen LogP contribution is 2.23. The second kappa shape index (κ2) is 8.47.